The minimum atomic E-state index is -0.917. The maximum absolute atomic E-state index is 10.5. The molecule has 0 unspecified atom stereocenters. The van der Waals surface area contributed by atoms with E-state index >= 15 is 0 Å². The number of aliphatic carboxylic acids is 1. The van der Waals surface area contributed by atoms with Gasteiger partial charge in [0.15, 0.2) is 0 Å². The maximum atomic E-state index is 10.5. The van der Waals surface area contributed by atoms with Crippen LogP contribution in [0, 0.1) is 0 Å². The van der Waals surface area contributed by atoms with E-state index in [1.165, 1.54) is 83.5 Å². The molecular weight excluding hydrogens is 334 g/mol. The first-order chi connectivity index (χ1) is 13.2. The van der Waals surface area contributed by atoms with Crippen LogP contribution in [0.4, 0.5) is 5.69 Å². The van der Waals surface area contributed by atoms with Gasteiger partial charge in [-0.2, -0.15) is 0 Å². The summed E-state index contributed by atoms with van der Waals surface area (Å²) >= 11 is 0. The van der Waals surface area contributed by atoms with Crippen molar-refractivity contribution in [1.29, 1.82) is 0 Å². The standard InChI is InChI=1S/C24H39NO2/c1-2-3-4-5-6-7-8-9-10-11-12-13-14-21-25-23-18-15-22(16-19-23)17-20-24(26)27/h15-20,25H,2-14,21H2,1H3,(H,26,27)/b20-17+. The summed E-state index contributed by atoms with van der Waals surface area (Å²) in [5, 5.41) is 12.1. The third-order valence-corrected chi connectivity index (χ3v) is 4.94. The van der Waals surface area contributed by atoms with Crippen LogP contribution in [-0.2, 0) is 4.79 Å². The van der Waals surface area contributed by atoms with Gasteiger partial charge in [-0.1, -0.05) is 96.1 Å². The Morgan fingerprint density at radius 1 is 0.815 bits per heavy atom. The van der Waals surface area contributed by atoms with Gasteiger partial charge in [-0.05, 0) is 30.2 Å². The van der Waals surface area contributed by atoms with Crippen LogP contribution in [0.2, 0.25) is 0 Å². The summed E-state index contributed by atoms with van der Waals surface area (Å²) in [6, 6.07) is 7.88. The molecule has 0 aromatic heterocycles. The highest BCUT2D eigenvalue weighted by molar-refractivity contribution is 5.85. The van der Waals surface area contributed by atoms with E-state index in [9.17, 15) is 4.79 Å². The Labute approximate surface area is 166 Å². The number of carboxylic acids is 1. The summed E-state index contributed by atoms with van der Waals surface area (Å²) in [5.41, 5.74) is 2.00. The molecule has 0 amide bonds. The van der Waals surface area contributed by atoms with E-state index in [0.29, 0.717) is 0 Å². The van der Waals surface area contributed by atoms with Gasteiger partial charge in [0.1, 0.15) is 0 Å². The van der Waals surface area contributed by atoms with E-state index in [-0.39, 0.29) is 0 Å². The molecule has 0 fully saturated rings. The number of unbranched alkanes of at least 4 members (excludes halogenated alkanes) is 12. The Morgan fingerprint density at radius 3 is 1.78 bits per heavy atom. The Kier molecular flexibility index (Phi) is 14.1. The summed E-state index contributed by atoms with van der Waals surface area (Å²) in [6.45, 7) is 3.28. The molecular formula is C24H39NO2. The fraction of sp³-hybridized carbons (Fsp3) is 0.625. The van der Waals surface area contributed by atoms with Gasteiger partial charge in [-0.3, -0.25) is 0 Å². The van der Waals surface area contributed by atoms with Crippen molar-refractivity contribution >= 4 is 17.7 Å². The Balaban J connectivity index is 1.91. The Bertz CT molecular complexity index is 508. The molecule has 0 bridgehead atoms. The monoisotopic (exact) mass is 373 g/mol. The minimum Gasteiger partial charge on any atom is -0.478 e. The van der Waals surface area contributed by atoms with Crippen molar-refractivity contribution in [2.24, 2.45) is 0 Å². The van der Waals surface area contributed by atoms with Gasteiger partial charge in [-0.25, -0.2) is 4.79 Å². The lowest BCUT2D eigenvalue weighted by atomic mass is 10.0. The number of carboxylic acid groups (broad SMARTS) is 1. The van der Waals surface area contributed by atoms with Crippen LogP contribution in [0.5, 0.6) is 0 Å². The van der Waals surface area contributed by atoms with E-state index in [1.54, 1.807) is 6.08 Å². The SMILES string of the molecule is CCCCCCCCCCCCCCCNc1ccc(/C=C/C(=O)O)cc1. The summed E-state index contributed by atoms with van der Waals surface area (Å²) in [6.07, 6.45) is 20.7. The van der Waals surface area contributed by atoms with Crippen LogP contribution in [0.1, 0.15) is 96.0 Å². The van der Waals surface area contributed by atoms with E-state index < -0.39 is 5.97 Å². The second-order valence-corrected chi connectivity index (χ2v) is 7.46. The van der Waals surface area contributed by atoms with Crippen LogP contribution in [0.25, 0.3) is 6.08 Å². The molecule has 0 aliphatic heterocycles. The number of carbonyl (C=O) groups is 1. The fourth-order valence-corrected chi connectivity index (χ4v) is 3.26. The van der Waals surface area contributed by atoms with Crippen molar-refractivity contribution < 1.29 is 9.90 Å². The molecule has 0 saturated carbocycles. The van der Waals surface area contributed by atoms with Crippen LogP contribution >= 0.6 is 0 Å². The molecule has 0 atom stereocenters. The highest BCUT2D eigenvalue weighted by Gasteiger charge is 1.95. The molecule has 0 heterocycles. The van der Waals surface area contributed by atoms with E-state index in [0.717, 1.165) is 23.9 Å². The Hall–Kier alpha value is -1.77. The smallest absolute Gasteiger partial charge is 0.328 e. The van der Waals surface area contributed by atoms with Crippen molar-refractivity contribution in [3.63, 3.8) is 0 Å². The summed E-state index contributed by atoms with van der Waals surface area (Å²) < 4.78 is 0. The number of rotatable bonds is 17. The predicted octanol–water partition coefficient (Wildman–Crippen LogP) is 7.29. The zero-order valence-electron chi connectivity index (χ0n) is 17.2. The van der Waals surface area contributed by atoms with Crippen LogP contribution in [0.3, 0.4) is 0 Å². The van der Waals surface area contributed by atoms with Crippen molar-refractivity contribution in [1.82, 2.24) is 0 Å². The number of hydrogen-bond donors (Lipinski definition) is 2. The topological polar surface area (TPSA) is 49.3 Å². The molecule has 1 rings (SSSR count). The fourth-order valence-electron chi connectivity index (χ4n) is 3.26. The largest absolute Gasteiger partial charge is 0.478 e. The second kappa shape index (κ2) is 16.4. The Morgan fingerprint density at radius 2 is 1.30 bits per heavy atom. The van der Waals surface area contributed by atoms with Gasteiger partial charge >= 0.3 is 5.97 Å². The zero-order valence-corrected chi connectivity index (χ0v) is 17.2. The van der Waals surface area contributed by atoms with Crippen LogP contribution in [-0.4, -0.2) is 17.6 Å². The van der Waals surface area contributed by atoms with Gasteiger partial charge in [0.2, 0.25) is 0 Å². The molecule has 3 nitrogen and oxygen atoms in total. The zero-order chi connectivity index (χ0) is 19.6. The van der Waals surface area contributed by atoms with Gasteiger partial charge < -0.3 is 10.4 Å². The lowest BCUT2D eigenvalue weighted by Crippen LogP contribution is -2.01. The first kappa shape index (κ1) is 23.3. The summed E-state index contributed by atoms with van der Waals surface area (Å²) in [7, 11) is 0. The second-order valence-electron chi connectivity index (χ2n) is 7.46. The molecule has 27 heavy (non-hydrogen) atoms. The predicted molar refractivity (Wildman–Crippen MR) is 117 cm³/mol. The molecule has 0 spiro atoms. The van der Waals surface area contributed by atoms with E-state index in [2.05, 4.69) is 12.2 Å². The van der Waals surface area contributed by atoms with Crippen LogP contribution < -0.4 is 5.32 Å². The first-order valence-electron chi connectivity index (χ1n) is 11.0. The highest BCUT2D eigenvalue weighted by atomic mass is 16.4. The minimum absolute atomic E-state index is 0.906. The third-order valence-electron chi connectivity index (χ3n) is 4.94. The molecule has 0 aliphatic rings. The third kappa shape index (κ3) is 14.0. The lowest BCUT2D eigenvalue weighted by molar-refractivity contribution is -0.131. The maximum Gasteiger partial charge on any atom is 0.328 e. The van der Waals surface area contributed by atoms with E-state index in [4.69, 9.17) is 5.11 Å². The average Bonchev–Trinajstić information content (AvgIpc) is 2.67. The van der Waals surface area contributed by atoms with Crippen molar-refractivity contribution in [2.75, 3.05) is 11.9 Å². The average molecular weight is 374 g/mol. The van der Waals surface area contributed by atoms with Crippen LogP contribution in [0.15, 0.2) is 30.3 Å². The normalized spacial score (nSPS) is 11.1. The number of hydrogen-bond acceptors (Lipinski definition) is 2. The number of benzene rings is 1. The van der Waals surface area contributed by atoms with Gasteiger partial charge in [0.25, 0.3) is 0 Å². The van der Waals surface area contributed by atoms with Gasteiger partial charge in [0, 0.05) is 18.3 Å². The molecule has 1 aromatic rings. The lowest BCUT2D eigenvalue weighted by Gasteiger charge is -2.07. The molecule has 0 aliphatic carbocycles. The first-order valence-corrected chi connectivity index (χ1v) is 11.0. The van der Waals surface area contributed by atoms with E-state index in [1.807, 2.05) is 24.3 Å². The van der Waals surface area contributed by atoms with Gasteiger partial charge in [0.05, 0.1) is 0 Å². The van der Waals surface area contributed by atoms with Gasteiger partial charge in [-0.15, -0.1) is 0 Å². The van der Waals surface area contributed by atoms with Crippen molar-refractivity contribution in [3.05, 3.63) is 35.9 Å². The summed E-state index contributed by atoms with van der Waals surface area (Å²) in [5.74, 6) is -0.917. The molecule has 3 heteroatoms. The highest BCUT2D eigenvalue weighted by Crippen LogP contribution is 2.13. The van der Waals surface area contributed by atoms with Crippen molar-refractivity contribution in [3.8, 4) is 0 Å². The molecule has 1 aromatic carbocycles. The molecule has 2 N–H and O–H groups in total. The molecule has 0 radical (unpaired) electrons. The molecule has 152 valence electrons. The summed E-state index contributed by atoms with van der Waals surface area (Å²) in [4.78, 5) is 10.5. The van der Waals surface area contributed by atoms with Crippen molar-refractivity contribution in [2.45, 2.75) is 90.4 Å². The number of nitrogens with one attached hydrogen (secondary N) is 1. The molecule has 0 saturated heterocycles. The quantitative estimate of drug-likeness (QED) is 0.223. The number of anilines is 1.